The van der Waals surface area contributed by atoms with Gasteiger partial charge >= 0.3 is 0 Å². The first-order valence-electron chi connectivity index (χ1n) is 6.34. The third kappa shape index (κ3) is 3.36. The van der Waals surface area contributed by atoms with Gasteiger partial charge in [0.05, 0.1) is 0 Å². The fourth-order valence-corrected chi connectivity index (χ4v) is 2.62. The van der Waals surface area contributed by atoms with E-state index in [4.69, 9.17) is 5.41 Å². The lowest BCUT2D eigenvalue weighted by Gasteiger charge is -2.22. The molecule has 0 saturated heterocycles. The lowest BCUT2D eigenvalue weighted by atomic mass is 9.35. The number of hydrogen-bond acceptors (Lipinski definition) is 1. The van der Waals surface area contributed by atoms with Crippen molar-refractivity contribution in [3.8, 4) is 0 Å². The molecular formula is C14H24BN. The van der Waals surface area contributed by atoms with Gasteiger partial charge in [0.15, 0.2) is 6.71 Å². The molecule has 0 aliphatic heterocycles. The highest BCUT2D eigenvalue weighted by atomic mass is 14.4. The molecule has 1 aliphatic rings. The zero-order valence-electron chi connectivity index (χ0n) is 11.3. The molecule has 88 valence electrons. The Balaban J connectivity index is 3.04. The Hall–Kier alpha value is -0.785. The van der Waals surface area contributed by atoms with E-state index in [2.05, 4.69) is 46.8 Å². The molecule has 0 bridgehead atoms. The van der Waals surface area contributed by atoms with Crippen LogP contribution in [-0.4, -0.2) is 12.4 Å². The summed E-state index contributed by atoms with van der Waals surface area (Å²) in [5.74, 6) is 0.670. The molecule has 0 aromatic carbocycles. The van der Waals surface area contributed by atoms with Crippen LogP contribution in [0.5, 0.6) is 0 Å². The van der Waals surface area contributed by atoms with Crippen LogP contribution in [0.2, 0.25) is 12.1 Å². The average molecular weight is 217 g/mol. The second-order valence-electron chi connectivity index (χ2n) is 5.93. The van der Waals surface area contributed by atoms with E-state index in [0.717, 1.165) is 12.1 Å². The van der Waals surface area contributed by atoms with Crippen LogP contribution in [0.4, 0.5) is 0 Å². The summed E-state index contributed by atoms with van der Waals surface area (Å²) in [6.45, 7) is 11.9. The smallest absolute Gasteiger partial charge is 0.177 e. The highest BCUT2D eigenvalue weighted by Crippen LogP contribution is 2.31. The first kappa shape index (κ1) is 13.3. The van der Waals surface area contributed by atoms with Gasteiger partial charge in [0.1, 0.15) is 0 Å². The van der Waals surface area contributed by atoms with Gasteiger partial charge in [0, 0.05) is 5.71 Å². The van der Waals surface area contributed by atoms with Crippen molar-refractivity contribution in [2.75, 3.05) is 0 Å². The van der Waals surface area contributed by atoms with Crippen molar-refractivity contribution >= 4 is 12.4 Å². The molecule has 2 heteroatoms. The maximum absolute atomic E-state index is 7.86. The summed E-state index contributed by atoms with van der Waals surface area (Å²) in [6, 6.07) is 0. The summed E-state index contributed by atoms with van der Waals surface area (Å²) in [5, 5.41) is 7.86. The van der Waals surface area contributed by atoms with Gasteiger partial charge in [-0.1, -0.05) is 64.4 Å². The number of hydrogen-bond donors (Lipinski definition) is 1. The minimum atomic E-state index is 0.123. The largest absolute Gasteiger partial charge is 0.305 e. The van der Waals surface area contributed by atoms with Crippen LogP contribution in [0.3, 0.4) is 0 Å². The average Bonchev–Trinajstić information content (AvgIpc) is 2.24. The maximum atomic E-state index is 7.86. The van der Waals surface area contributed by atoms with Crippen molar-refractivity contribution < 1.29 is 0 Å². The molecule has 0 amide bonds. The summed E-state index contributed by atoms with van der Waals surface area (Å²) in [7, 11) is 0. The van der Waals surface area contributed by atoms with Gasteiger partial charge in [-0.05, 0) is 17.9 Å². The predicted octanol–water partition coefficient (Wildman–Crippen LogP) is 4.38. The van der Waals surface area contributed by atoms with Gasteiger partial charge in [0.2, 0.25) is 0 Å². The monoisotopic (exact) mass is 217 g/mol. The molecule has 1 N–H and O–H groups in total. The van der Waals surface area contributed by atoms with Gasteiger partial charge in [-0.25, -0.2) is 0 Å². The normalized spacial score (nSPS) is 19.6. The van der Waals surface area contributed by atoms with E-state index in [1.54, 1.807) is 0 Å². The highest BCUT2D eigenvalue weighted by molar-refractivity contribution is 6.68. The molecule has 0 unspecified atom stereocenters. The van der Waals surface area contributed by atoms with Crippen LogP contribution in [0.1, 0.15) is 41.0 Å². The molecule has 0 fully saturated rings. The minimum absolute atomic E-state index is 0.123. The number of rotatable bonds is 3. The fraction of sp³-hybridized carbons (Fsp3) is 0.643. The van der Waals surface area contributed by atoms with E-state index in [1.807, 2.05) is 6.08 Å². The summed E-state index contributed by atoms with van der Waals surface area (Å²) in [5.41, 5.74) is 2.29. The molecule has 0 radical (unpaired) electrons. The quantitative estimate of drug-likeness (QED) is 0.678. The maximum Gasteiger partial charge on any atom is 0.177 e. The third-order valence-corrected chi connectivity index (χ3v) is 3.35. The Morgan fingerprint density at radius 1 is 1.38 bits per heavy atom. The number of nitrogens with one attached hydrogen (secondary N) is 1. The third-order valence-electron chi connectivity index (χ3n) is 3.35. The van der Waals surface area contributed by atoms with Crippen molar-refractivity contribution in [2.24, 2.45) is 5.41 Å². The molecule has 0 heterocycles. The lowest BCUT2D eigenvalue weighted by molar-refractivity contribution is 0.504. The van der Waals surface area contributed by atoms with Crippen LogP contribution in [0.15, 0.2) is 23.7 Å². The summed E-state index contributed by atoms with van der Waals surface area (Å²) >= 11 is 0. The Bertz CT molecular complexity index is 324. The van der Waals surface area contributed by atoms with Gasteiger partial charge in [-0.2, -0.15) is 0 Å². The van der Waals surface area contributed by atoms with E-state index < -0.39 is 0 Å². The highest BCUT2D eigenvalue weighted by Gasteiger charge is 2.25. The van der Waals surface area contributed by atoms with Crippen molar-refractivity contribution in [3.63, 3.8) is 0 Å². The Labute approximate surface area is 101 Å². The van der Waals surface area contributed by atoms with Crippen molar-refractivity contribution in [1.29, 1.82) is 5.41 Å². The van der Waals surface area contributed by atoms with E-state index in [0.29, 0.717) is 12.5 Å². The molecule has 0 aromatic heterocycles. The first-order valence-corrected chi connectivity index (χ1v) is 6.34. The van der Waals surface area contributed by atoms with Crippen LogP contribution in [0.25, 0.3) is 0 Å². The molecule has 0 atom stereocenters. The van der Waals surface area contributed by atoms with Crippen LogP contribution in [-0.2, 0) is 0 Å². The van der Waals surface area contributed by atoms with Gasteiger partial charge in [-0.15, -0.1) is 0 Å². The fourth-order valence-electron chi connectivity index (χ4n) is 2.62. The molecule has 0 aromatic rings. The molecule has 1 aliphatic carbocycles. The van der Waals surface area contributed by atoms with E-state index in [-0.39, 0.29) is 5.41 Å². The van der Waals surface area contributed by atoms with Crippen LogP contribution in [0, 0.1) is 10.8 Å². The summed E-state index contributed by atoms with van der Waals surface area (Å²) in [4.78, 5) is 0. The molecule has 0 saturated carbocycles. The van der Waals surface area contributed by atoms with Crippen molar-refractivity contribution in [1.82, 2.24) is 0 Å². The topological polar surface area (TPSA) is 23.9 Å². The second kappa shape index (κ2) is 5.03. The summed E-state index contributed by atoms with van der Waals surface area (Å²) < 4.78 is 0. The zero-order chi connectivity index (χ0) is 12.3. The zero-order valence-corrected chi connectivity index (χ0v) is 11.3. The van der Waals surface area contributed by atoms with Crippen molar-refractivity contribution in [2.45, 2.75) is 53.2 Å². The number of allylic oxidation sites excluding steroid dienone is 4. The van der Waals surface area contributed by atoms with Gasteiger partial charge in [0.25, 0.3) is 0 Å². The lowest BCUT2D eigenvalue weighted by Crippen LogP contribution is -2.20. The van der Waals surface area contributed by atoms with Crippen LogP contribution < -0.4 is 0 Å². The van der Waals surface area contributed by atoms with Crippen LogP contribution >= 0.6 is 0 Å². The minimum Gasteiger partial charge on any atom is -0.305 e. The Morgan fingerprint density at radius 2 is 2.00 bits per heavy atom. The molecule has 1 rings (SSSR count). The Kier molecular flexibility index (Phi) is 4.18. The van der Waals surface area contributed by atoms with E-state index in [1.165, 1.54) is 11.8 Å². The molecular weight excluding hydrogens is 193 g/mol. The second-order valence-corrected chi connectivity index (χ2v) is 5.93. The van der Waals surface area contributed by atoms with Gasteiger partial charge < -0.3 is 5.41 Å². The SMILES string of the molecule is CCB(C1=CC(C)(C)CC(=N)C=C1)C(C)C. The standard InChI is InChI=1S/C14H24BN/c1-6-15(11(2)3)12-7-8-13(16)10-14(4,5)9-12/h7-9,11,16H,6,10H2,1-5H3. The van der Waals surface area contributed by atoms with Crippen molar-refractivity contribution in [3.05, 3.63) is 23.7 Å². The summed E-state index contributed by atoms with van der Waals surface area (Å²) in [6.07, 6.45) is 8.54. The first-order chi connectivity index (χ1) is 7.35. The Morgan fingerprint density at radius 3 is 2.50 bits per heavy atom. The van der Waals surface area contributed by atoms with E-state index in [9.17, 15) is 0 Å². The molecule has 16 heavy (non-hydrogen) atoms. The predicted molar refractivity (Wildman–Crippen MR) is 74.7 cm³/mol. The van der Waals surface area contributed by atoms with E-state index >= 15 is 0 Å². The molecule has 0 spiro atoms. The van der Waals surface area contributed by atoms with Gasteiger partial charge in [-0.3, -0.25) is 0 Å². The molecule has 1 nitrogen and oxygen atoms in total.